The molecule has 3 aromatic rings. The molecule has 0 radical (unpaired) electrons. The van der Waals surface area contributed by atoms with E-state index >= 15 is 0 Å². The van der Waals surface area contributed by atoms with Crippen LogP contribution in [-0.2, 0) is 13.2 Å². The molecule has 2 aromatic heterocycles. The Labute approximate surface area is 129 Å². The minimum absolute atomic E-state index is 0.108. The third-order valence-electron chi connectivity index (χ3n) is 3.38. The number of benzene rings is 1. The zero-order valence-corrected chi connectivity index (χ0v) is 12.5. The lowest BCUT2D eigenvalue weighted by atomic mass is 10.1. The lowest BCUT2D eigenvalue weighted by Gasteiger charge is -2.12. The minimum atomic E-state index is -0.241. The van der Waals surface area contributed by atoms with Gasteiger partial charge in [-0.3, -0.25) is 9.78 Å². The van der Waals surface area contributed by atoms with Crippen molar-refractivity contribution < 1.29 is 5.11 Å². The first-order valence-electron chi connectivity index (χ1n) is 6.28. The van der Waals surface area contributed by atoms with Gasteiger partial charge in [0.2, 0.25) is 0 Å². The van der Waals surface area contributed by atoms with E-state index in [2.05, 4.69) is 9.97 Å². The Balaban J connectivity index is 2.17. The molecular formula is C14H12ClN3O2S. The Morgan fingerprint density at radius 2 is 2.10 bits per heavy atom. The van der Waals surface area contributed by atoms with E-state index in [0.29, 0.717) is 21.9 Å². The fourth-order valence-electron chi connectivity index (χ4n) is 2.33. The Morgan fingerprint density at radius 1 is 1.29 bits per heavy atom. The Kier molecular flexibility index (Phi) is 3.67. The summed E-state index contributed by atoms with van der Waals surface area (Å²) in [6.07, 6.45) is 1.69. The summed E-state index contributed by atoms with van der Waals surface area (Å²) in [4.78, 5) is 17.3. The third-order valence-corrected chi connectivity index (χ3v) is 3.93. The zero-order valence-electron chi connectivity index (χ0n) is 10.9. The van der Waals surface area contributed by atoms with Crippen LogP contribution in [0.2, 0.25) is 5.02 Å². The predicted octanol–water partition coefficient (Wildman–Crippen LogP) is 2.58. The van der Waals surface area contributed by atoms with Gasteiger partial charge in [0.05, 0.1) is 18.7 Å². The molecule has 7 heteroatoms. The van der Waals surface area contributed by atoms with Gasteiger partial charge in [-0.25, -0.2) is 0 Å². The molecule has 2 heterocycles. The molecule has 0 bridgehead atoms. The summed E-state index contributed by atoms with van der Waals surface area (Å²) in [7, 11) is 0. The number of aliphatic hydroxyl groups is 1. The highest BCUT2D eigenvalue weighted by Crippen LogP contribution is 2.19. The fraction of sp³-hybridized carbons (Fsp3) is 0.143. The van der Waals surface area contributed by atoms with E-state index in [-0.39, 0.29) is 12.2 Å². The maximum atomic E-state index is 11.8. The Bertz CT molecular complexity index is 926. The molecule has 0 saturated heterocycles. The maximum absolute atomic E-state index is 11.8. The predicted molar refractivity (Wildman–Crippen MR) is 84.2 cm³/mol. The van der Waals surface area contributed by atoms with E-state index in [1.165, 1.54) is 0 Å². The van der Waals surface area contributed by atoms with Gasteiger partial charge in [0, 0.05) is 11.2 Å². The molecule has 1 aromatic carbocycles. The van der Waals surface area contributed by atoms with Crippen LogP contribution in [0.5, 0.6) is 0 Å². The SMILES string of the molecule is O=c1[nH]c(=S)n(Cc2ccc(Cl)cc2CO)c2cc[nH]c12. The molecule has 5 nitrogen and oxygen atoms in total. The van der Waals surface area contributed by atoms with Crippen molar-refractivity contribution in [1.82, 2.24) is 14.5 Å². The van der Waals surface area contributed by atoms with Crippen molar-refractivity contribution in [3.05, 3.63) is 61.7 Å². The molecule has 0 spiro atoms. The number of hydrogen-bond donors (Lipinski definition) is 3. The average Bonchev–Trinajstić information content (AvgIpc) is 2.94. The molecule has 0 aliphatic carbocycles. The summed E-state index contributed by atoms with van der Waals surface area (Å²) in [6, 6.07) is 7.13. The summed E-state index contributed by atoms with van der Waals surface area (Å²) in [5, 5.41) is 10.0. The van der Waals surface area contributed by atoms with Crippen molar-refractivity contribution in [1.29, 1.82) is 0 Å². The maximum Gasteiger partial charge on any atom is 0.276 e. The van der Waals surface area contributed by atoms with Gasteiger partial charge >= 0.3 is 0 Å². The number of halogens is 1. The highest BCUT2D eigenvalue weighted by atomic mass is 35.5. The van der Waals surface area contributed by atoms with E-state index < -0.39 is 0 Å². The monoisotopic (exact) mass is 321 g/mol. The molecule has 0 atom stereocenters. The minimum Gasteiger partial charge on any atom is -0.392 e. The molecule has 0 fully saturated rings. The van der Waals surface area contributed by atoms with Gasteiger partial charge in [0.25, 0.3) is 5.56 Å². The van der Waals surface area contributed by atoms with Gasteiger partial charge in [0.1, 0.15) is 5.52 Å². The van der Waals surface area contributed by atoms with E-state index in [4.69, 9.17) is 23.8 Å². The van der Waals surface area contributed by atoms with Crippen molar-refractivity contribution in [2.24, 2.45) is 0 Å². The molecule has 3 rings (SSSR count). The summed E-state index contributed by atoms with van der Waals surface area (Å²) >= 11 is 11.2. The van der Waals surface area contributed by atoms with Crippen LogP contribution in [0.3, 0.4) is 0 Å². The quantitative estimate of drug-likeness (QED) is 0.649. The summed E-state index contributed by atoms with van der Waals surface area (Å²) in [5.74, 6) is 0. The van der Waals surface area contributed by atoms with Crippen LogP contribution in [-0.4, -0.2) is 19.6 Å². The van der Waals surface area contributed by atoms with E-state index in [1.54, 1.807) is 24.4 Å². The highest BCUT2D eigenvalue weighted by molar-refractivity contribution is 7.71. The van der Waals surface area contributed by atoms with Crippen molar-refractivity contribution in [3.63, 3.8) is 0 Å². The Hall–Kier alpha value is -1.89. The second-order valence-electron chi connectivity index (χ2n) is 4.65. The largest absolute Gasteiger partial charge is 0.392 e. The van der Waals surface area contributed by atoms with Crippen LogP contribution < -0.4 is 5.56 Å². The van der Waals surface area contributed by atoms with Crippen LogP contribution in [0.4, 0.5) is 0 Å². The van der Waals surface area contributed by atoms with Crippen LogP contribution in [0.25, 0.3) is 11.0 Å². The van der Waals surface area contributed by atoms with Crippen LogP contribution in [0.1, 0.15) is 11.1 Å². The second-order valence-corrected chi connectivity index (χ2v) is 5.48. The van der Waals surface area contributed by atoms with Crippen LogP contribution in [0.15, 0.2) is 35.3 Å². The third kappa shape index (κ3) is 2.53. The summed E-state index contributed by atoms with van der Waals surface area (Å²) in [5.41, 5.74) is 2.59. The fourth-order valence-corrected chi connectivity index (χ4v) is 2.78. The standard InChI is InChI=1S/C14H12ClN3O2S/c15-10-2-1-8(9(5-10)7-19)6-18-11-3-4-16-12(11)13(20)17-14(18)21/h1-5,16,19H,6-7H2,(H,17,20,21). The topological polar surface area (TPSA) is 73.8 Å². The summed E-state index contributed by atoms with van der Waals surface area (Å²) in [6.45, 7) is 0.333. The van der Waals surface area contributed by atoms with Crippen molar-refractivity contribution >= 4 is 34.9 Å². The van der Waals surface area contributed by atoms with Gasteiger partial charge in [-0.2, -0.15) is 0 Å². The molecule has 108 valence electrons. The molecule has 3 N–H and O–H groups in total. The summed E-state index contributed by atoms with van der Waals surface area (Å²) < 4.78 is 2.15. The van der Waals surface area contributed by atoms with Gasteiger partial charge in [-0.05, 0) is 41.5 Å². The van der Waals surface area contributed by atoms with E-state index in [1.807, 2.05) is 10.6 Å². The molecular weight excluding hydrogens is 310 g/mol. The average molecular weight is 322 g/mol. The molecule has 0 aliphatic rings. The normalized spacial score (nSPS) is 11.1. The number of aliphatic hydroxyl groups excluding tert-OH is 1. The van der Waals surface area contributed by atoms with Crippen LogP contribution in [0, 0.1) is 4.77 Å². The van der Waals surface area contributed by atoms with E-state index in [9.17, 15) is 9.90 Å². The van der Waals surface area contributed by atoms with Crippen molar-refractivity contribution in [3.8, 4) is 0 Å². The van der Waals surface area contributed by atoms with Gasteiger partial charge < -0.3 is 14.7 Å². The second kappa shape index (κ2) is 5.48. The van der Waals surface area contributed by atoms with Gasteiger partial charge in [-0.15, -0.1) is 0 Å². The number of aromatic nitrogens is 3. The van der Waals surface area contributed by atoms with Crippen molar-refractivity contribution in [2.45, 2.75) is 13.2 Å². The first-order valence-corrected chi connectivity index (χ1v) is 7.07. The molecule has 0 saturated carbocycles. The Morgan fingerprint density at radius 3 is 2.86 bits per heavy atom. The van der Waals surface area contributed by atoms with Gasteiger partial charge in [0.15, 0.2) is 4.77 Å². The first-order chi connectivity index (χ1) is 10.1. The number of hydrogen-bond acceptors (Lipinski definition) is 3. The number of nitrogens with zero attached hydrogens (tertiary/aromatic N) is 1. The number of fused-ring (bicyclic) bond motifs is 1. The zero-order chi connectivity index (χ0) is 15.0. The number of H-pyrrole nitrogens is 2. The molecule has 0 amide bonds. The van der Waals surface area contributed by atoms with Crippen molar-refractivity contribution in [2.75, 3.05) is 0 Å². The lowest BCUT2D eigenvalue weighted by Crippen LogP contribution is -2.15. The lowest BCUT2D eigenvalue weighted by molar-refractivity contribution is 0.280. The molecule has 21 heavy (non-hydrogen) atoms. The number of nitrogens with one attached hydrogen (secondary N) is 2. The highest BCUT2D eigenvalue weighted by Gasteiger charge is 2.09. The number of aromatic amines is 2. The molecule has 0 aliphatic heterocycles. The van der Waals surface area contributed by atoms with E-state index in [0.717, 1.165) is 16.6 Å². The smallest absolute Gasteiger partial charge is 0.276 e. The molecule has 0 unspecified atom stereocenters. The first kappa shape index (κ1) is 14.1. The van der Waals surface area contributed by atoms with Gasteiger partial charge in [-0.1, -0.05) is 17.7 Å². The van der Waals surface area contributed by atoms with Crippen LogP contribution >= 0.6 is 23.8 Å². The number of rotatable bonds is 3.